The van der Waals surface area contributed by atoms with E-state index in [0.717, 1.165) is 19.4 Å². The van der Waals surface area contributed by atoms with Gasteiger partial charge in [0.25, 0.3) is 0 Å². The maximum atomic E-state index is 12.0. The van der Waals surface area contributed by atoms with E-state index in [1.54, 1.807) is 25.3 Å². The highest BCUT2D eigenvalue weighted by atomic mass is 16.5. The van der Waals surface area contributed by atoms with E-state index >= 15 is 0 Å². The van der Waals surface area contributed by atoms with Crippen molar-refractivity contribution in [2.75, 3.05) is 24.6 Å². The van der Waals surface area contributed by atoms with Gasteiger partial charge in [-0.1, -0.05) is 0 Å². The Bertz CT molecular complexity index is 436. The van der Waals surface area contributed by atoms with Gasteiger partial charge in [0.2, 0.25) is 0 Å². The second-order valence-electron chi connectivity index (χ2n) is 4.67. The molecule has 0 saturated carbocycles. The molecule has 1 fully saturated rings. The Kier molecular flexibility index (Phi) is 4.74. The first kappa shape index (κ1) is 13.8. The van der Waals surface area contributed by atoms with Gasteiger partial charge in [-0.15, -0.1) is 0 Å². The lowest BCUT2D eigenvalue weighted by Gasteiger charge is -2.36. The number of carbonyl (C=O) groups excluding carboxylic acids is 1. The fourth-order valence-corrected chi connectivity index (χ4v) is 2.52. The maximum absolute atomic E-state index is 12.0. The monoisotopic (exact) mass is 263 g/mol. The molecule has 0 amide bonds. The fourth-order valence-electron chi connectivity index (χ4n) is 2.52. The number of ether oxygens (including phenoxy) is 1. The number of nitrogens with zero attached hydrogens (tertiary/aromatic N) is 2. The van der Waals surface area contributed by atoms with Crippen LogP contribution in [0.3, 0.4) is 0 Å². The van der Waals surface area contributed by atoms with Crippen molar-refractivity contribution in [3.63, 3.8) is 0 Å². The molecule has 0 radical (unpaired) electrons. The van der Waals surface area contributed by atoms with E-state index in [9.17, 15) is 4.79 Å². The number of hydrogen-bond donors (Lipinski definition) is 1. The first-order chi connectivity index (χ1) is 9.27. The van der Waals surface area contributed by atoms with E-state index < -0.39 is 0 Å². The molecular weight excluding hydrogens is 242 g/mol. The highest BCUT2D eigenvalue weighted by molar-refractivity contribution is 5.94. The van der Waals surface area contributed by atoms with Crippen molar-refractivity contribution in [1.82, 2.24) is 4.98 Å². The molecule has 5 heteroatoms. The third kappa shape index (κ3) is 3.04. The predicted octanol–water partition coefficient (Wildman–Crippen LogP) is 1.58. The van der Waals surface area contributed by atoms with Gasteiger partial charge in [0, 0.05) is 25.3 Å². The molecule has 1 aromatic rings. The predicted molar refractivity (Wildman–Crippen MR) is 74.2 cm³/mol. The van der Waals surface area contributed by atoms with Gasteiger partial charge in [-0.2, -0.15) is 0 Å². The quantitative estimate of drug-likeness (QED) is 0.835. The number of carbonyl (C=O) groups is 1. The van der Waals surface area contributed by atoms with Crippen molar-refractivity contribution in [3.05, 3.63) is 23.9 Å². The molecular formula is C14H21N3O2. The van der Waals surface area contributed by atoms with Crippen LogP contribution in [0, 0.1) is 0 Å². The molecule has 0 bridgehead atoms. The van der Waals surface area contributed by atoms with Crippen LogP contribution in [0.15, 0.2) is 18.3 Å². The number of nitrogens with two attached hydrogens (primary N) is 1. The number of piperidine rings is 1. The van der Waals surface area contributed by atoms with Crippen molar-refractivity contribution < 1.29 is 9.53 Å². The SMILES string of the molecule is CCOC(=O)c1cccnc1N1CCCCC1CN. The minimum absolute atomic E-state index is 0.261. The van der Waals surface area contributed by atoms with Gasteiger partial charge >= 0.3 is 5.97 Å². The Labute approximate surface area is 113 Å². The Morgan fingerprint density at radius 3 is 3.16 bits per heavy atom. The molecule has 1 aromatic heterocycles. The van der Waals surface area contributed by atoms with Crippen LogP contribution >= 0.6 is 0 Å². The largest absolute Gasteiger partial charge is 0.462 e. The van der Waals surface area contributed by atoms with Gasteiger partial charge in [-0.05, 0) is 38.3 Å². The zero-order valence-corrected chi connectivity index (χ0v) is 11.3. The average molecular weight is 263 g/mol. The third-order valence-electron chi connectivity index (χ3n) is 3.45. The Morgan fingerprint density at radius 2 is 2.42 bits per heavy atom. The van der Waals surface area contributed by atoms with Gasteiger partial charge in [0.1, 0.15) is 11.4 Å². The summed E-state index contributed by atoms with van der Waals surface area (Å²) < 4.78 is 5.09. The number of anilines is 1. The standard InChI is InChI=1S/C14H21N3O2/c1-2-19-14(18)12-7-5-8-16-13(12)17-9-4-3-6-11(17)10-15/h5,7-8,11H,2-4,6,9-10,15H2,1H3. The lowest BCUT2D eigenvalue weighted by molar-refractivity contribution is 0.0526. The van der Waals surface area contributed by atoms with Crippen molar-refractivity contribution in [2.24, 2.45) is 5.73 Å². The van der Waals surface area contributed by atoms with E-state index in [4.69, 9.17) is 10.5 Å². The molecule has 2 N–H and O–H groups in total. The summed E-state index contributed by atoms with van der Waals surface area (Å²) in [7, 11) is 0. The molecule has 1 saturated heterocycles. The molecule has 2 rings (SSSR count). The summed E-state index contributed by atoms with van der Waals surface area (Å²) in [6.45, 7) is 3.65. The van der Waals surface area contributed by atoms with Crippen molar-refractivity contribution in [1.29, 1.82) is 0 Å². The van der Waals surface area contributed by atoms with Gasteiger partial charge < -0.3 is 15.4 Å². The minimum Gasteiger partial charge on any atom is -0.462 e. The molecule has 1 atom stereocenters. The second kappa shape index (κ2) is 6.52. The molecule has 0 aromatic carbocycles. The zero-order chi connectivity index (χ0) is 13.7. The number of aromatic nitrogens is 1. The van der Waals surface area contributed by atoms with E-state index in [1.807, 2.05) is 0 Å². The van der Waals surface area contributed by atoms with Crippen molar-refractivity contribution >= 4 is 11.8 Å². The molecule has 0 aliphatic carbocycles. The summed E-state index contributed by atoms with van der Waals surface area (Å²) >= 11 is 0. The lowest BCUT2D eigenvalue weighted by atomic mass is 10.0. The molecule has 104 valence electrons. The molecule has 19 heavy (non-hydrogen) atoms. The molecule has 0 spiro atoms. The molecule has 1 unspecified atom stereocenters. The van der Waals surface area contributed by atoms with Crippen molar-refractivity contribution in [2.45, 2.75) is 32.2 Å². The summed E-state index contributed by atoms with van der Waals surface area (Å²) in [4.78, 5) is 18.5. The lowest BCUT2D eigenvalue weighted by Crippen LogP contribution is -2.45. The zero-order valence-electron chi connectivity index (χ0n) is 11.3. The van der Waals surface area contributed by atoms with Gasteiger partial charge in [-0.3, -0.25) is 0 Å². The van der Waals surface area contributed by atoms with E-state index in [2.05, 4.69) is 9.88 Å². The highest BCUT2D eigenvalue weighted by Gasteiger charge is 2.26. The van der Waals surface area contributed by atoms with E-state index in [0.29, 0.717) is 24.5 Å². The minimum atomic E-state index is -0.313. The Hall–Kier alpha value is -1.62. The molecule has 1 aliphatic heterocycles. The summed E-state index contributed by atoms with van der Waals surface area (Å²) in [5.74, 6) is 0.392. The van der Waals surface area contributed by atoms with E-state index in [-0.39, 0.29) is 12.0 Å². The van der Waals surface area contributed by atoms with Crippen LogP contribution in [-0.4, -0.2) is 36.7 Å². The highest BCUT2D eigenvalue weighted by Crippen LogP contribution is 2.26. The Balaban J connectivity index is 2.30. The van der Waals surface area contributed by atoms with Crippen LogP contribution in [-0.2, 0) is 4.74 Å². The summed E-state index contributed by atoms with van der Waals surface area (Å²) in [5.41, 5.74) is 6.36. The van der Waals surface area contributed by atoms with Crippen LogP contribution in [0.4, 0.5) is 5.82 Å². The summed E-state index contributed by atoms with van der Waals surface area (Å²) in [5, 5.41) is 0. The van der Waals surface area contributed by atoms with Crippen LogP contribution < -0.4 is 10.6 Å². The smallest absolute Gasteiger partial charge is 0.341 e. The molecule has 5 nitrogen and oxygen atoms in total. The fraction of sp³-hybridized carbons (Fsp3) is 0.571. The molecule has 1 aliphatic rings. The van der Waals surface area contributed by atoms with Crippen LogP contribution in [0.5, 0.6) is 0 Å². The van der Waals surface area contributed by atoms with Gasteiger partial charge in [0.15, 0.2) is 0 Å². The van der Waals surface area contributed by atoms with Crippen LogP contribution in [0.2, 0.25) is 0 Å². The summed E-state index contributed by atoms with van der Waals surface area (Å²) in [6, 6.07) is 3.79. The number of rotatable bonds is 4. The number of esters is 1. The van der Waals surface area contributed by atoms with Crippen LogP contribution in [0.25, 0.3) is 0 Å². The van der Waals surface area contributed by atoms with Gasteiger partial charge in [0.05, 0.1) is 6.61 Å². The second-order valence-corrected chi connectivity index (χ2v) is 4.67. The summed E-state index contributed by atoms with van der Waals surface area (Å²) in [6.07, 6.45) is 5.05. The van der Waals surface area contributed by atoms with Crippen molar-refractivity contribution in [3.8, 4) is 0 Å². The third-order valence-corrected chi connectivity index (χ3v) is 3.45. The average Bonchev–Trinajstić information content (AvgIpc) is 2.47. The topological polar surface area (TPSA) is 68.5 Å². The molecule has 2 heterocycles. The first-order valence-corrected chi connectivity index (χ1v) is 6.86. The first-order valence-electron chi connectivity index (χ1n) is 6.86. The normalized spacial score (nSPS) is 19.3. The van der Waals surface area contributed by atoms with Crippen LogP contribution in [0.1, 0.15) is 36.5 Å². The van der Waals surface area contributed by atoms with E-state index in [1.165, 1.54) is 6.42 Å². The van der Waals surface area contributed by atoms with Gasteiger partial charge in [-0.25, -0.2) is 9.78 Å². The Morgan fingerprint density at radius 1 is 1.58 bits per heavy atom. The number of hydrogen-bond acceptors (Lipinski definition) is 5. The number of pyridine rings is 1. The maximum Gasteiger partial charge on any atom is 0.341 e.